The number of aromatic nitrogens is 2. The molecule has 0 spiro atoms. The van der Waals surface area contributed by atoms with Crippen LogP contribution in [-0.4, -0.2) is 37.4 Å². The van der Waals surface area contributed by atoms with Crippen LogP contribution in [0.2, 0.25) is 0 Å². The van der Waals surface area contributed by atoms with E-state index in [0.29, 0.717) is 11.6 Å². The molecule has 0 radical (unpaired) electrons. The molecule has 8 nitrogen and oxygen atoms in total. The number of aliphatic hydroxyl groups is 2. The lowest BCUT2D eigenvalue weighted by Crippen LogP contribution is -2.24. The normalized spacial score (nSPS) is 12.2. The summed E-state index contributed by atoms with van der Waals surface area (Å²) in [6.45, 7) is -0.100. The van der Waals surface area contributed by atoms with Gasteiger partial charge in [0.25, 0.3) is 5.69 Å². The molecular weight excluding hydrogens is 326 g/mol. The SMILES string of the molecule is O=[N+]([O-])c1cccc(OCC(O)Cn2c(CO)nc3ccccc32)c1. The molecule has 0 aliphatic heterocycles. The Hall–Kier alpha value is -2.97. The summed E-state index contributed by atoms with van der Waals surface area (Å²) in [6.07, 6.45) is -0.873. The smallest absolute Gasteiger partial charge is 0.273 e. The van der Waals surface area contributed by atoms with Crippen molar-refractivity contribution in [1.29, 1.82) is 0 Å². The van der Waals surface area contributed by atoms with E-state index in [1.54, 1.807) is 10.6 Å². The van der Waals surface area contributed by atoms with Crippen LogP contribution in [0.15, 0.2) is 48.5 Å². The van der Waals surface area contributed by atoms with Gasteiger partial charge in [-0.05, 0) is 18.2 Å². The zero-order valence-corrected chi connectivity index (χ0v) is 13.3. The number of ether oxygens (including phenoxy) is 1. The number of para-hydroxylation sites is 2. The van der Waals surface area contributed by atoms with E-state index in [1.807, 2.05) is 24.3 Å². The first-order valence-electron chi connectivity index (χ1n) is 7.69. The molecule has 0 aliphatic rings. The summed E-state index contributed by atoms with van der Waals surface area (Å²) in [7, 11) is 0. The van der Waals surface area contributed by atoms with Crippen molar-refractivity contribution in [3.8, 4) is 5.75 Å². The maximum atomic E-state index is 10.8. The Kier molecular flexibility index (Phi) is 4.92. The average molecular weight is 343 g/mol. The Balaban J connectivity index is 1.70. The van der Waals surface area contributed by atoms with Gasteiger partial charge in [-0.3, -0.25) is 10.1 Å². The summed E-state index contributed by atoms with van der Waals surface area (Å²) in [5.41, 5.74) is 1.47. The second-order valence-corrected chi connectivity index (χ2v) is 5.50. The largest absolute Gasteiger partial charge is 0.491 e. The third kappa shape index (κ3) is 3.76. The van der Waals surface area contributed by atoms with Gasteiger partial charge in [-0.25, -0.2) is 4.98 Å². The summed E-state index contributed by atoms with van der Waals surface area (Å²) in [4.78, 5) is 14.6. The van der Waals surface area contributed by atoms with Gasteiger partial charge in [0.05, 0.1) is 28.6 Å². The predicted molar refractivity (Wildman–Crippen MR) is 90.3 cm³/mol. The van der Waals surface area contributed by atoms with E-state index >= 15 is 0 Å². The monoisotopic (exact) mass is 343 g/mol. The molecule has 2 N–H and O–H groups in total. The van der Waals surface area contributed by atoms with E-state index in [9.17, 15) is 20.3 Å². The van der Waals surface area contributed by atoms with Gasteiger partial charge in [-0.1, -0.05) is 18.2 Å². The van der Waals surface area contributed by atoms with Gasteiger partial charge in [-0.15, -0.1) is 0 Å². The van der Waals surface area contributed by atoms with Gasteiger partial charge < -0.3 is 19.5 Å². The highest BCUT2D eigenvalue weighted by Crippen LogP contribution is 2.20. The molecule has 1 unspecified atom stereocenters. The third-order valence-corrected chi connectivity index (χ3v) is 3.74. The Morgan fingerprint density at radius 1 is 1.24 bits per heavy atom. The van der Waals surface area contributed by atoms with Crippen molar-refractivity contribution in [3.05, 3.63) is 64.5 Å². The van der Waals surface area contributed by atoms with Gasteiger partial charge in [0.1, 0.15) is 30.9 Å². The van der Waals surface area contributed by atoms with Crippen LogP contribution in [0.1, 0.15) is 5.82 Å². The molecule has 1 aromatic heterocycles. The van der Waals surface area contributed by atoms with E-state index in [-0.39, 0.29) is 25.4 Å². The lowest BCUT2D eigenvalue weighted by Gasteiger charge is -2.15. The summed E-state index contributed by atoms with van der Waals surface area (Å²) >= 11 is 0. The molecule has 25 heavy (non-hydrogen) atoms. The zero-order valence-electron chi connectivity index (χ0n) is 13.3. The average Bonchev–Trinajstić information content (AvgIpc) is 2.98. The number of imidazole rings is 1. The van der Waals surface area contributed by atoms with Gasteiger partial charge >= 0.3 is 0 Å². The first kappa shape index (κ1) is 16.9. The fourth-order valence-electron chi connectivity index (χ4n) is 2.59. The molecule has 1 atom stereocenters. The molecule has 0 saturated heterocycles. The van der Waals surface area contributed by atoms with Crippen molar-refractivity contribution in [2.24, 2.45) is 0 Å². The minimum Gasteiger partial charge on any atom is -0.491 e. The Labute approximate surface area is 143 Å². The number of hydrogen-bond acceptors (Lipinski definition) is 6. The molecule has 0 bridgehead atoms. The second-order valence-electron chi connectivity index (χ2n) is 5.50. The number of benzene rings is 2. The standard InChI is InChI=1S/C17H17N3O5/c21-10-17-18-15-6-1-2-7-16(15)19(17)9-13(22)11-25-14-5-3-4-12(8-14)20(23)24/h1-8,13,21-22H,9-11H2. The maximum absolute atomic E-state index is 10.8. The number of nitrogens with zero attached hydrogens (tertiary/aromatic N) is 3. The highest BCUT2D eigenvalue weighted by molar-refractivity contribution is 5.75. The molecule has 0 amide bonds. The number of hydrogen-bond donors (Lipinski definition) is 2. The number of nitro benzene ring substituents is 1. The van der Waals surface area contributed by atoms with Crippen LogP contribution >= 0.6 is 0 Å². The summed E-state index contributed by atoms with van der Waals surface area (Å²) in [5.74, 6) is 0.765. The molecular formula is C17H17N3O5. The fourth-order valence-corrected chi connectivity index (χ4v) is 2.59. The zero-order chi connectivity index (χ0) is 17.8. The van der Waals surface area contributed by atoms with Crippen molar-refractivity contribution < 1.29 is 19.9 Å². The Bertz CT molecular complexity index is 893. The van der Waals surface area contributed by atoms with Crippen LogP contribution in [0.3, 0.4) is 0 Å². The lowest BCUT2D eigenvalue weighted by atomic mass is 10.3. The number of non-ortho nitro benzene ring substituents is 1. The summed E-state index contributed by atoms with van der Waals surface area (Å²) in [5, 5.41) is 30.5. The third-order valence-electron chi connectivity index (χ3n) is 3.74. The molecule has 1 heterocycles. The van der Waals surface area contributed by atoms with Crippen molar-refractivity contribution in [1.82, 2.24) is 9.55 Å². The summed E-state index contributed by atoms with van der Waals surface area (Å²) < 4.78 is 7.18. The van der Waals surface area contributed by atoms with Crippen molar-refractivity contribution in [2.45, 2.75) is 19.3 Å². The minimum absolute atomic E-state index is 0.0431. The first-order valence-corrected chi connectivity index (χ1v) is 7.69. The topological polar surface area (TPSA) is 111 Å². The van der Waals surface area contributed by atoms with Crippen LogP contribution < -0.4 is 4.74 Å². The van der Waals surface area contributed by atoms with Crippen LogP contribution in [0.25, 0.3) is 11.0 Å². The minimum atomic E-state index is -0.873. The molecule has 3 aromatic rings. The molecule has 8 heteroatoms. The van der Waals surface area contributed by atoms with Crippen LogP contribution in [0, 0.1) is 10.1 Å². The van der Waals surface area contributed by atoms with Crippen molar-refractivity contribution >= 4 is 16.7 Å². The van der Waals surface area contributed by atoms with Crippen LogP contribution in [0.4, 0.5) is 5.69 Å². The lowest BCUT2D eigenvalue weighted by molar-refractivity contribution is -0.384. The van der Waals surface area contributed by atoms with Crippen molar-refractivity contribution in [3.63, 3.8) is 0 Å². The highest BCUT2D eigenvalue weighted by atomic mass is 16.6. The van der Waals surface area contributed by atoms with E-state index in [1.165, 1.54) is 18.2 Å². The van der Waals surface area contributed by atoms with E-state index in [4.69, 9.17) is 4.74 Å². The number of fused-ring (bicyclic) bond motifs is 1. The number of rotatable bonds is 7. The van der Waals surface area contributed by atoms with Crippen molar-refractivity contribution in [2.75, 3.05) is 6.61 Å². The molecule has 3 rings (SSSR count). The quantitative estimate of drug-likeness (QED) is 0.500. The Morgan fingerprint density at radius 2 is 2.04 bits per heavy atom. The van der Waals surface area contributed by atoms with Crippen LogP contribution in [0.5, 0.6) is 5.75 Å². The molecule has 2 aromatic carbocycles. The highest BCUT2D eigenvalue weighted by Gasteiger charge is 2.14. The van der Waals surface area contributed by atoms with Gasteiger partial charge in [0.2, 0.25) is 0 Å². The van der Waals surface area contributed by atoms with E-state index < -0.39 is 11.0 Å². The molecule has 0 fully saturated rings. The second kappa shape index (κ2) is 7.29. The van der Waals surface area contributed by atoms with E-state index in [2.05, 4.69) is 4.98 Å². The Morgan fingerprint density at radius 3 is 2.80 bits per heavy atom. The van der Waals surface area contributed by atoms with E-state index in [0.717, 1.165) is 11.0 Å². The molecule has 130 valence electrons. The number of nitro groups is 1. The maximum Gasteiger partial charge on any atom is 0.273 e. The van der Waals surface area contributed by atoms with Crippen LogP contribution in [-0.2, 0) is 13.2 Å². The first-order chi connectivity index (χ1) is 12.1. The van der Waals surface area contributed by atoms with Gasteiger partial charge in [-0.2, -0.15) is 0 Å². The molecule has 0 aliphatic carbocycles. The molecule has 0 saturated carbocycles. The number of aliphatic hydroxyl groups excluding tert-OH is 2. The fraction of sp³-hybridized carbons (Fsp3) is 0.235. The van der Waals surface area contributed by atoms with Gasteiger partial charge in [0.15, 0.2) is 0 Å². The summed E-state index contributed by atoms with van der Waals surface area (Å²) in [6, 6.07) is 13.2. The predicted octanol–water partition coefficient (Wildman–Crippen LogP) is 1.88. The van der Waals surface area contributed by atoms with Gasteiger partial charge in [0, 0.05) is 6.07 Å².